The molecule has 3 heteroatoms. The van der Waals surface area contributed by atoms with Crippen molar-refractivity contribution in [3.8, 4) is 0 Å². The summed E-state index contributed by atoms with van der Waals surface area (Å²) in [5.74, 6) is -0.192. The van der Waals surface area contributed by atoms with Gasteiger partial charge in [-0.25, -0.2) is 0 Å². The zero-order valence-electron chi connectivity index (χ0n) is 9.16. The van der Waals surface area contributed by atoms with E-state index in [4.69, 9.17) is 9.47 Å². The summed E-state index contributed by atoms with van der Waals surface area (Å²) in [6, 6.07) is 0. The molecule has 0 bridgehead atoms. The van der Waals surface area contributed by atoms with Crippen LogP contribution in [0.2, 0.25) is 0 Å². The van der Waals surface area contributed by atoms with Crippen LogP contribution in [-0.4, -0.2) is 24.3 Å². The molecule has 0 spiro atoms. The van der Waals surface area contributed by atoms with Crippen molar-refractivity contribution in [2.75, 3.05) is 0 Å². The maximum absolute atomic E-state index is 11.1. The molecular weight excluding hydrogens is 168 g/mol. The second kappa shape index (κ2) is 5.97. The minimum absolute atomic E-state index is 0.0428. The third-order valence-corrected chi connectivity index (χ3v) is 1.33. The first-order valence-corrected chi connectivity index (χ1v) is 4.76. The van der Waals surface area contributed by atoms with Gasteiger partial charge in [0.05, 0.1) is 24.7 Å². The Morgan fingerprint density at radius 3 is 2.00 bits per heavy atom. The van der Waals surface area contributed by atoms with Crippen LogP contribution in [0, 0.1) is 0 Å². The molecule has 0 unspecified atom stereocenters. The van der Waals surface area contributed by atoms with Crippen molar-refractivity contribution in [2.45, 2.75) is 59.4 Å². The van der Waals surface area contributed by atoms with Crippen LogP contribution in [0.15, 0.2) is 0 Å². The van der Waals surface area contributed by atoms with Crippen LogP contribution in [0.25, 0.3) is 0 Å². The fourth-order valence-corrected chi connectivity index (χ4v) is 1.06. The summed E-state index contributed by atoms with van der Waals surface area (Å²) in [4.78, 5) is 11.1. The lowest BCUT2D eigenvalue weighted by molar-refractivity contribution is -0.150. The predicted molar refractivity (Wildman–Crippen MR) is 51.5 cm³/mol. The van der Waals surface area contributed by atoms with Crippen molar-refractivity contribution >= 4 is 5.97 Å². The third kappa shape index (κ3) is 7.78. The molecule has 0 aromatic rings. The Morgan fingerprint density at radius 2 is 1.62 bits per heavy atom. The van der Waals surface area contributed by atoms with Crippen LogP contribution in [-0.2, 0) is 14.3 Å². The molecule has 0 aromatic heterocycles. The van der Waals surface area contributed by atoms with E-state index in [0.29, 0.717) is 6.42 Å². The summed E-state index contributed by atoms with van der Waals surface area (Å²) in [7, 11) is 0. The molecule has 1 atom stereocenters. The van der Waals surface area contributed by atoms with Crippen molar-refractivity contribution in [1.82, 2.24) is 0 Å². The van der Waals surface area contributed by atoms with Crippen LogP contribution < -0.4 is 0 Å². The molecule has 0 heterocycles. The molecule has 0 fully saturated rings. The van der Waals surface area contributed by atoms with Crippen LogP contribution in [0.1, 0.15) is 41.0 Å². The van der Waals surface area contributed by atoms with Crippen LogP contribution in [0.4, 0.5) is 0 Å². The van der Waals surface area contributed by atoms with Crippen molar-refractivity contribution in [3.63, 3.8) is 0 Å². The fourth-order valence-electron chi connectivity index (χ4n) is 1.06. The molecule has 0 saturated heterocycles. The van der Waals surface area contributed by atoms with Crippen molar-refractivity contribution in [1.29, 1.82) is 0 Å². The fraction of sp³-hybridized carbons (Fsp3) is 0.900. The van der Waals surface area contributed by atoms with Gasteiger partial charge in [-0.2, -0.15) is 0 Å². The Hall–Kier alpha value is -0.570. The molecule has 0 amide bonds. The lowest BCUT2D eigenvalue weighted by atomic mass is 10.3. The highest BCUT2D eigenvalue weighted by Gasteiger charge is 2.12. The van der Waals surface area contributed by atoms with Crippen LogP contribution >= 0.6 is 0 Å². The number of ether oxygens (including phenoxy) is 2. The zero-order chi connectivity index (χ0) is 10.4. The maximum atomic E-state index is 11.1. The summed E-state index contributed by atoms with van der Waals surface area (Å²) < 4.78 is 10.4. The Balaban J connectivity index is 3.65. The number of esters is 1. The normalized spacial score (nSPS) is 13.5. The number of carbonyl (C=O) groups excluding carboxylic acids is 1. The van der Waals surface area contributed by atoms with E-state index in [1.54, 1.807) is 0 Å². The summed E-state index contributed by atoms with van der Waals surface area (Å²) in [5.41, 5.74) is 0. The molecule has 0 N–H and O–H groups in total. The van der Waals surface area contributed by atoms with Crippen molar-refractivity contribution in [3.05, 3.63) is 0 Å². The molecule has 13 heavy (non-hydrogen) atoms. The average Bonchev–Trinajstić information content (AvgIpc) is 1.80. The average molecular weight is 188 g/mol. The second-order valence-corrected chi connectivity index (χ2v) is 3.74. The van der Waals surface area contributed by atoms with Gasteiger partial charge < -0.3 is 9.47 Å². The van der Waals surface area contributed by atoms with E-state index in [1.165, 1.54) is 0 Å². The van der Waals surface area contributed by atoms with E-state index in [0.717, 1.165) is 0 Å². The Kier molecular flexibility index (Phi) is 5.71. The van der Waals surface area contributed by atoms with Gasteiger partial charge in [-0.3, -0.25) is 4.79 Å². The standard InChI is InChI=1S/C10H20O3/c1-7(2)12-9(5)6-10(11)13-8(3)4/h7-9H,6H2,1-5H3/t9-/m0/s1. The second-order valence-electron chi connectivity index (χ2n) is 3.74. The first-order valence-electron chi connectivity index (χ1n) is 4.76. The lowest BCUT2D eigenvalue weighted by Crippen LogP contribution is -2.21. The first kappa shape index (κ1) is 12.4. The van der Waals surface area contributed by atoms with E-state index >= 15 is 0 Å². The summed E-state index contributed by atoms with van der Waals surface area (Å²) in [5, 5.41) is 0. The summed E-state index contributed by atoms with van der Waals surface area (Å²) in [6.07, 6.45) is 0.378. The molecule has 0 aliphatic rings. The van der Waals surface area contributed by atoms with Crippen molar-refractivity contribution in [2.24, 2.45) is 0 Å². The topological polar surface area (TPSA) is 35.5 Å². The van der Waals surface area contributed by atoms with Gasteiger partial charge in [0.2, 0.25) is 0 Å². The number of rotatable bonds is 5. The van der Waals surface area contributed by atoms with Crippen LogP contribution in [0.3, 0.4) is 0 Å². The van der Waals surface area contributed by atoms with E-state index in [-0.39, 0.29) is 24.3 Å². The molecule has 0 aliphatic carbocycles. The Morgan fingerprint density at radius 1 is 1.08 bits per heavy atom. The largest absolute Gasteiger partial charge is 0.463 e. The van der Waals surface area contributed by atoms with Gasteiger partial charge in [0, 0.05) is 0 Å². The highest BCUT2D eigenvalue weighted by atomic mass is 16.5. The van der Waals surface area contributed by atoms with Gasteiger partial charge in [0.15, 0.2) is 0 Å². The highest BCUT2D eigenvalue weighted by Crippen LogP contribution is 2.04. The summed E-state index contributed by atoms with van der Waals surface area (Å²) in [6.45, 7) is 9.45. The lowest BCUT2D eigenvalue weighted by Gasteiger charge is -2.16. The highest BCUT2D eigenvalue weighted by molar-refractivity contribution is 5.70. The zero-order valence-corrected chi connectivity index (χ0v) is 9.16. The molecule has 0 radical (unpaired) electrons. The number of hydrogen-bond donors (Lipinski definition) is 0. The monoisotopic (exact) mass is 188 g/mol. The molecular formula is C10H20O3. The maximum Gasteiger partial charge on any atom is 0.308 e. The molecule has 78 valence electrons. The van der Waals surface area contributed by atoms with E-state index in [2.05, 4.69) is 0 Å². The summed E-state index contributed by atoms with van der Waals surface area (Å²) >= 11 is 0. The minimum Gasteiger partial charge on any atom is -0.463 e. The Labute approximate surface area is 80.4 Å². The van der Waals surface area contributed by atoms with Gasteiger partial charge in [-0.05, 0) is 34.6 Å². The van der Waals surface area contributed by atoms with E-state index < -0.39 is 0 Å². The molecule has 0 aromatic carbocycles. The number of carbonyl (C=O) groups is 1. The van der Waals surface area contributed by atoms with Gasteiger partial charge in [-0.1, -0.05) is 0 Å². The molecule has 0 rings (SSSR count). The SMILES string of the molecule is CC(C)OC(=O)C[C@H](C)OC(C)C. The smallest absolute Gasteiger partial charge is 0.308 e. The van der Waals surface area contributed by atoms with Crippen molar-refractivity contribution < 1.29 is 14.3 Å². The first-order chi connectivity index (χ1) is 5.91. The van der Waals surface area contributed by atoms with E-state index in [9.17, 15) is 4.79 Å². The van der Waals surface area contributed by atoms with Crippen LogP contribution in [0.5, 0.6) is 0 Å². The van der Waals surface area contributed by atoms with Gasteiger partial charge in [0.1, 0.15) is 0 Å². The van der Waals surface area contributed by atoms with Gasteiger partial charge in [0.25, 0.3) is 0 Å². The van der Waals surface area contributed by atoms with E-state index in [1.807, 2.05) is 34.6 Å². The van der Waals surface area contributed by atoms with Gasteiger partial charge in [-0.15, -0.1) is 0 Å². The predicted octanol–water partition coefficient (Wildman–Crippen LogP) is 2.14. The minimum atomic E-state index is -0.192. The quantitative estimate of drug-likeness (QED) is 0.620. The van der Waals surface area contributed by atoms with Gasteiger partial charge >= 0.3 is 5.97 Å². The number of hydrogen-bond acceptors (Lipinski definition) is 3. The molecule has 3 nitrogen and oxygen atoms in total. The molecule has 0 saturated carbocycles. The Bertz CT molecular complexity index is 152. The molecule has 0 aliphatic heterocycles. The third-order valence-electron chi connectivity index (χ3n) is 1.33.